The summed E-state index contributed by atoms with van der Waals surface area (Å²) in [6.45, 7) is 4.78. The Kier molecular flexibility index (Phi) is 7.31. The van der Waals surface area contributed by atoms with Gasteiger partial charge < -0.3 is 18.8 Å². The van der Waals surface area contributed by atoms with E-state index < -0.39 is 11.4 Å². The Bertz CT molecular complexity index is 1120. The Labute approximate surface area is 202 Å². The van der Waals surface area contributed by atoms with Gasteiger partial charge in [-0.25, -0.2) is 9.78 Å². The minimum absolute atomic E-state index is 0.0372. The third kappa shape index (κ3) is 5.14. The third-order valence-corrected chi connectivity index (χ3v) is 6.93. The molecule has 0 aromatic carbocycles. The lowest BCUT2D eigenvalue weighted by molar-refractivity contribution is -0.134. The van der Waals surface area contributed by atoms with E-state index in [1.54, 1.807) is 26.5 Å². The lowest BCUT2D eigenvalue weighted by Crippen LogP contribution is -2.40. The van der Waals surface area contributed by atoms with Gasteiger partial charge in [-0.15, -0.1) is 11.3 Å². The van der Waals surface area contributed by atoms with Crippen molar-refractivity contribution in [1.82, 2.24) is 14.9 Å². The van der Waals surface area contributed by atoms with Crippen LogP contribution in [0, 0.1) is 6.92 Å². The van der Waals surface area contributed by atoms with Crippen molar-refractivity contribution >= 4 is 23.2 Å². The Balaban J connectivity index is 1.54. The largest absolute Gasteiger partial charge is 0.495 e. The first-order valence-electron chi connectivity index (χ1n) is 11.4. The summed E-state index contributed by atoms with van der Waals surface area (Å²) < 4.78 is 15.8. The van der Waals surface area contributed by atoms with Gasteiger partial charge in [0.1, 0.15) is 16.5 Å². The highest BCUT2D eigenvalue weighted by atomic mass is 32.1. The minimum atomic E-state index is -0.618. The average Bonchev–Trinajstić information content (AvgIpc) is 3.32. The Morgan fingerprint density at radius 2 is 2.09 bits per heavy atom. The van der Waals surface area contributed by atoms with Crippen molar-refractivity contribution in [3.8, 4) is 5.75 Å². The van der Waals surface area contributed by atoms with Gasteiger partial charge in [-0.1, -0.05) is 0 Å². The second-order valence-corrected chi connectivity index (χ2v) is 9.60. The highest BCUT2D eigenvalue weighted by molar-refractivity contribution is 7.11. The summed E-state index contributed by atoms with van der Waals surface area (Å²) in [4.78, 5) is 37.7. The van der Waals surface area contributed by atoms with E-state index in [0.717, 1.165) is 42.0 Å². The standard InChI is InChI=1S/C25H29N3O5S/c1-4-32-23(29)22-17(2)34-21(27-22)16-28(13-5-7-18-8-6-14-33-18)24(30)25(11-12-25)20-10-9-19(31-3)15-26-20/h6,8-10,14-15H,4-5,7,11-13,16H2,1-3H3. The van der Waals surface area contributed by atoms with Gasteiger partial charge in [0.15, 0.2) is 5.69 Å². The number of esters is 1. The van der Waals surface area contributed by atoms with Crippen molar-refractivity contribution in [1.29, 1.82) is 0 Å². The van der Waals surface area contributed by atoms with Crippen LogP contribution in [0.25, 0.3) is 0 Å². The molecule has 3 aromatic heterocycles. The van der Waals surface area contributed by atoms with Crippen LogP contribution >= 0.6 is 11.3 Å². The third-order valence-electron chi connectivity index (χ3n) is 5.98. The molecule has 0 saturated heterocycles. The summed E-state index contributed by atoms with van der Waals surface area (Å²) in [5.41, 5.74) is 0.465. The molecule has 0 atom stereocenters. The molecule has 0 bridgehead atoms. The molecular formula is C25H29N3O5S. The van der Waals surface area contributed by atoms with Crippen LogP contribution in [0.5, 0.6) is 5.75 Å². The first kappa shape index (κ1) is 23.9. The summed E-state index contributed by atoms with van der Waals surface area (Å²) in [5, 5.41) is 0.713. The summed E-state index contributed by atoms with van der Waals surface area (Å²) in [7, 11) is 1.59. The van der Waals surface area contributed by atoms with Gasteiger partial charge in [-0.2, -0.15) is 0 Å². The molecule has 9 heteroatoms. The van der Waals surface area contributed by atoms with Crippen LogP contribution in [0.1, 0.15) is 58.0 Å². The number of ether oxygens (including phenoxy) is 2. The predicted molar refractivity (Wildman–Crippen MR) is 127 cm³/mol. The van der Waals surface area contributed by atoms with Crippen LogP contribution in [-0.4, -0.2) is 47.0 Å². The fourth-order valence-electron chi connectivity index (χ4n) is 4.01. The first-order chi connectivity index (χ1) is 16.5. The number of methoxy groups -OCH3 is 1. The molecule has 1 amide bonds. The molecule has 34 heavy (non-hydrogen) atoms. The molecule has 3 aromatic rings. The topological polar surface area (TPSA) is 94.8 Å². The maximum Gasteiger partial charge on any atom is 0.358 e. The van der Waals surface area contributed by atoms with E-state index in [9.17, 15) is 9.59 Å². The van der Waals surface area contributed by atoms with Crippen LogP contribution in [-0.2, 0) is 27.9 Å². The SMILES string of the molecule is CCOC(=O)c1nc(CN(CCCc2ccco2)C(=O)C2(c3ccc(OC)cn3)CC2)sc1C. The van der Waals surface area contributed by atoms with Gasteiger partial charge in [0.2, 0.25) is 5.91 Å². The number of thiazole rings is 1. The van der Waals surface area contributed by atoms with Crippen molar-refractivity contribution in [2.45, 2.75) is 51.5 Å². The average molecular weight is 484 g/mol. The first-order valence-corrected chi connectivity index (χ1v) is 12.2. The highest BCUT2D eigenvalue weighted by Crippen LogP contribution is 2.49. The van der Waals surface area contributed by atoms with E-state index in [2.05, 4.69) is 9.97 Å². The fraction of sp³-hybridized carbons (Fsp3) is 0.440. The molecule has 180 valence electrons. The number of furan rings is 1. The van der Waals surface area contributed by atoms with Crippen molar-refractivity contribution in [3.63, 3.8) is 0 Å². The Morgan fingerprint density at radius 1 is 1.26 bits per heavy atom. The Morgan fingerprint density at radius 3 is 2.71 bits per heavy atom. The van der Waals surface area contributed by atoms with E-state index in [1.165, 1.54) is 11.3 Å². The monoisotopic (exact) mass is 483 g/mol. The number of hydrogen-bond acceptors (Lipinski definition) is 8. The number of carbonyl (C=O) groups is 2. The van der Waals surface area contributed by atoms with Gasteiger partial charge in [0.05, 0.1) is 43.8 Å². The van der Waals surface area contributed by atoms with Crippen LogP contribution in [0.2, 0.25) is 0 Å². The smallest absolute Gasteiger partial charge is 0.358 e. The zero-order valence-corrected chi connectivity index (χ0v) is 20.5. The van der Waals surface area contributed by atoms with Gasteiger partial charge in [0, 0.05) is 17.8 Å². The van der Waals surface area contributed by atoms with Crippen molar-refractivity contribution < 1.29 is 23.5 Å². The molecule has 8 nitrogen and oxygen atoms in total. The maximum atomic E-state index is 13.8. The molecule has 1 aliphatic carbocycles. The number of hydrogen-bond donors (Lipinski definition) is 0. The van der Waals surface area contributed by atoms with Crippen LogP contribution in [0.4, 0.5) is 0 Å². The number of carbonyl (C=O) groups excluding carboxylic acids is 2. The van der Waals surface area contributed by atoms with Crippen molar-refractivity contribution in [2.24, 2.45) is 0 Å². The summed E-state index contributed by atoms with van der Waals surface area (Å²) in [6.07, 6.45) is 6.30. The second kappa shape index (κ2) is 10.4. The zero-order chi connectivity index (χ0) is 24.1. The van der Waals surface area contributed by atoms with Crippen LogP contribution < -0.4 is 4.74 Å². The van der Waals surface area contributed by atoms with Crippen LogP contribution in [0.15, 0.2) is 41.1 Å². The molecule has 0 spiro atoms. The predicted octanol–water partition coefficient (Wildman–Crippen LogP) is 4.32. The number of pyridine rings is 1. The summed E-state index contributed by atoms with van der Waals surface area (Å²) >= 11 is 1.42. The van der Waals surface area contributed by atoms with Crippen molar-refractivity contribution in [2.75, 3.05) is 20.3 Å². The molecule has 1 saturated carbocycles. The molecule has 1 aliphatic rings. The molecule has 0 radical (unpaired) electrons. The normalized spacial score (nSPS) is 14.0. The van der Waals surface area contributed by atoms with E-state index in [1.807, 2.05) is 36.1 Å². The number of rotatable bonds is 11. The lowest BCUT2D eigenvalue weighted by atomic mass is 9.99. The van der Waals surface area contributed by atoms with E-state index in [4.69, 9.17) is 13.9 Å². The quantitative estimate of drug-likeness (QED) is 0.375. The lowest BCUT2D eigenvalue weighted by Gasteiger charge is -2.26. The van der Waals surface area contributed by atoms with E-state index in [-0.39, 0.29) is 5.91 Å². The molecule has 0 unspecified atom stereocenters. The maximum absolute atomic E-state index is 13.8. The summed E-state index contributed by atoms with van der Waals surface area (Å²) in [5.74, 6) is 1.15. The van der Waals surface area contributed by atoms with Crippen LogP contribution in [0.3, 0.4) is 0 Å². The van der Waals surface area contributed by atoms with E-state index >= 15 is 0 Å². The zero-order valence-electron chi connectivity index (χ0n) is 19.7. The number of nitrogens with zero attached hydrogens (tertiary/aromatic N) is 3. The minimum Gasteiger partial charge on any atom is -0.495 e. The Hall–Kier alpha value is -3.20. The number of aromatic nitrogens is 2. The van der Waals surface area contributed by atoms with Gasteiger partial charge in [0.25, 0.3) is 0 Å². The molecule has 0 N–H and O–H groups in total. The number of aryl methyl sites for hydroxylation is 2. The number of amides is 1. The molecule has 4 rings (SSSR count). The van der Waals surface area contributed by atoms with Gasteiger partial charge in [-0.05, 0) is 57.4 Å². The molecule has 0 aliphatic heterocycles. The summed E-state index contributed by atoms with van der Waals surface area (Å²) in [6, 6.07) is 7.51. The second-order valence-electron chi connectivity index (χ2n) is 8.31. The van der Waals surface area contributed by atoms with Gasteiger partial charge in [-0.3, -0.25) is 9.78 Å². The molecule has 3 heterocycles. The van der Waals surface area contributed by atoms with Gasteiger partial charge >= 0.3 is 5.97 Å². The van der Waals surface area contributed by atoms with E-state index in [0.29, 0.717) is 36.1 Å². The molecule has 1 fully saturated rings. The highest BCUT2D eigenvalue weighted by Gasteiger charge is 2.54. The van der Waals surface area contributed by atoms with Crippen molar-refractivity contribution in [3.05, 3.63) is 63.8 Å². The molecular weight excluding hydrogens is 454 g/mol. The fourth-order valence-corrected chi connectivity index (χ4v) is 4.95.